The fourth-order valence-electron chi connectivity index (χ4n) is 2.71. The molecule has 1 aromatic heterocycles. The van der Waals surface area contributed by atoms with Crippen LogP contribution in [0.2, 0.25) is 0 Å². The van der Waals surface area contributed by atoms with E-state index in [-0.39, 0.29) is 5.75 Å². The molecule has 0 radical (unpaired) electrons. The summed E-state index contributed by atoms with van der Waals surface area (Å²) in [6.45, 7) is 2.78. The first-order valence-corrected chi connectivity index (χ1v) is 6.17. The molecule has 0 aliphatic rings. The molecule has 0 aliphatic carbocycles. The summed E-state index contributed by atoms with van der Waals surface area (Å²) in [4.78, 5) is 11.6. The molecular weight excluding hydrogens is 240 g/mol. The summed E-state index contributed by atoms with van der Waals surface area (Å²) in [6.07, 6.45) is 0. The summed E-state index contributed by atoms with van der Waals surface area (Å²) < 4.78 is 2.07. The number of carbonyl (C=O) groups excluding carboxylic acids is 1. The van der Waals surface area contributed by atoms with Gasteiger partial charge in [0.05, 0.1) is 16.4 Å². The number of rotatable bonds is 2. The number of phenolic OH excluding ortho intramolecular Hbond substituents is 1. The molecule has 3 N–H and O–H groups in total. The monoisotopic (exact) mass is 254 g/mol. The van der Waals surface area contributed by atoms with Crippen molar-refractivity contribution in [3.63, 3.8) is 0 Å². The Hall–Kier alpha value is -2.49. The first-order valence-electron chi connectivity index (χ1n) is 6.17. The van der Waals surface area contributed by atoms with Crippen molar-refractivity contribution < 1.29 is 9.90 Å². The molecule has 0 bridgehead atoms. The number of hydrogen-bond donors (Lipinski definition) is 2. The highest BCUT2D eigenvalue weighted by Gasteiger charge is 2.17. The second-order valence-electron chi connectivity index (χ2n) is 4.48. The van der Waals surface area contributed by atoms with Crippen LogP contribution in [0, 0.1) is 0 Å². The van der Waals surface area contributed by atoms with Gasteiger partial charge in [-0.15, -0.1) is 0 Å². The molecule has 2 aromatic carbocycles. The van der Waals surface area contributed by atoms with E-state index in [1.54, 1.807) is 18.2 Å². The molecule has 0 aliphatic heterocycles. The van der Waals surface area contributed by atoms with Crippen LogP contribution in [0.4, 0.5) is 0 Å². The highest BCUT2D eigenvalue weighted by Crippen LogP contribution is 2.36. The van der Waals surface area contributed by atoms with Gasteiger partial charge in [-0.1, -0.05) is 12.1 Å². The Bertz CT molecular complexity index is 803. The second-order valence-corrected chi connectivity index (χ2v) is 4.48. The highest BCUT2D eigenvalue weighted by molar-refractivity contribution is 6.19. The van der Waals surface area contributed by atoms with E-state index >= 15 is 0 Å². The van der Waals surface area contributed by atoms with Crippen LogP contribution in [0.1, 0.15) is 17.3 Å². The van der Waals surface area contributed by atoms with Gasteiger partial charge in [0.15, 0.2) is 0 Å². The largest absolute Gasteiger partial charge is 0.507 e. The molecule has 0 atom stereocenters. The molecule has 0 saturated carbocycles. The molecule has 0 fully saturated rings. The molecule has 4 heteroatoms. The van der Waals surface area contributed by atoms with E-state index in [0.717, 1.165) is 23.0 Å². The van der Waals surface area contributed by atoms with Crippen molar-refractivity contribution in [1.29, 1.82) is 0 Å². The Morgan fingerprint density at radius 1 is 1.16 bits per heavy atom. The van der Waals surface area contributed by atoms with Gasteiger partial charge in [0.2, 0.25) is 5.91 Å². The summed E-state index contributed by atoms with van der Waals surface area (Å²) >= 11 is 0. The molecule has 0 spiro atoms. The minimum Gasteiger partial charge on any atom is -0.507 e. The number of nitrogens with zero attached hydrogens (tertiary/aromatic N) is 1. The van der Waals surface area contributed by atoms with Crippen LogP contribution in [0.25, 0.3) is 21.8 Å². The van der Waals surface area contributed by atoms with Gasteiger partial charge in [-0.25, -0.2) is 0 Å². The maximum absolute atomic E-state index is 11.6. The average molecular weight is 254 g/mol. The van der Waals surface area contributed by atoms with Crippen LogP contribution in [-0.4, -0.2) is 15.6 Å². The van der Waals surface area contributed by atoms with E-state index in [1.165, 1.54) is 0 Å². The summed E-state index contributed by atoms with van der Waals surface area (Å²) in [5, 5.41) is 11.5. The lowest BCUT2D eigenvalue weighted by Gasteiger charge is -2.03. The first kappa shape index (κ1) is 11.6. The number of primary amides is 1. The zero-order chi connectivity index (χ0) is 13.6. The van der Waals surface area contributed by atoms with E-state index < -0.39 is 5.91 Å². The number of carbonyl (C=O) groups is 1. The van der Waals surface area contributed by atoms with Crippen LogP contribution in [-0.2, 0) is 6.54 Å². The number of amides is 1. The van der Waals surface area contributed by atoms with Crippen LogP contribution in [0.3, 0.4) is 0 Å². The second kappa shape index (κ2) is 4.02. The number of fused-ring (bicyclic) bond motifs is 3. The van der Waals surface area contributed by atoms with Gasteiger partial charge in [-0.05, 0) is 31.2 Å². The molecule has 19 heavy (non-hydrogen) atoms. The van der Waals surface area contributed by atoms with Gasteiger partial charge in [-0.3, -0.25) is 4.79 Å². The molecule has 1 amide bonds. The van der Waals surface area contributed by atoms with E-state index in [1.807, 2.05) is 25.1 Å². The smallest absolute Gasteiger partial charge is 0.249 e. The highest BCUT2D eigenvalue weighted by atomic mass is 16.3. The Balaban J connectivity index is 2.65. The van der Waals surface area contributed by atoms with Crippen molar-refractivity contribution in [1.82, 2.24) is 4.57 Å². The van der Waals surface area contributed by atoms with Crippen molar-refractivity contribution in [3.05, 3.63) is 42.0 Å². The molecule has 0 saturated heterocycles. The van der Waals surface area contributed by atoms with E-state index in [0.29, 0.717) is 10.9 Å². The number of nitrogens with two attached hydrogens (primary N) is 1. The van der Waals surface area contributed by atoms with E-state index in [9.17, 15) is 9.90 Å². The zero-order valence-electron chi connectivity index (χ0n) is 10.6. The van der Waals surface area contributed by atoms with E-state index in [2.05, 4.69) is 4.57 Å². The number of aromatic hydroxyl groups is 1. The number of aryl methyl sites for hydroxylation is 1. The Kier molecular flexibility index (Phi) is 2.45. The molecule has 0 unspecified atom stereocenters. The van der Waals surface area contributed by atoms with Crippen molar-refractivity contribution in [2.45, 2.75) is 13.5 Å². The lowest BCUT2D eigenvalue weighted by Crippen LogP contribution is -2.11. The predicted molar refractivity (Wildman–Crippen MR) is 75.3 cm³/mol. The average Bonchev–Trinajstić information content (AvgIpc) is 2.73. The normalized spacial score (nSPS) is 11.2. The van der Waals surface area contributed by atoms with Crippen molar-refractivity contribution in [3.8, 4) is 5.75 Å². The third kappa shape index (κ3) is 1.50. The van der Waals surface area contributed by atoms with Crippen molar-refractivity contribution in [2.75, 3.05) is 0 Å². The standard InChI is InChI=1S/C15H14N2O2/c1-2-17-10-6-3-5-9(15(16)19)13(10)14-11(17)7-4-8-12(14)18/h3-8,18H,2H2,1H3,(H2,16,19). The minimum atomic E-state index is -0.482. The van der Waals surface area contributed by atoms with Gasteiger partial charge in [0.25, 0.3) is 0 Å². The summed E-state index contributed by atoms with van der Waals surface area (Å²) in [5.41, 5.74) is 7.70. The molecular formula is C15H14N2O2. The summed E-state index contributed by atoms with van der Waals surface area (Å²) in [7, 11) is 0. The number of aromatic nitrogens is 1. The Morgan fingerprint density at radius 2 is 1.79 bits per heavy atom. The van der Waals surface area contributed by atoms with Gasteiger partial charge in [0, 0.05) is 17.5 Å². The van der Waals surface area contributed by atoms with Gasteiger partial charge in [0.1, 0.15) is 5.75 Å². The maximum Gasteiger partial charge on any atom is 0.249 e. The summed E-state index contributed by atoms with van der Waals surface area (Å²) in [5.74, 6) is -0.313. The first-order chi connectivity index (χ1) is 9.15. The van der Waals surface area contributed by atoms with Gasteiger partial charge >= 0.3 is 0 Å². The fraction of sp³-hybridized carbons (Fsp3) is 0.133. The third-order valence-electron chi connectivity index (χ3n) is 3.48. The lowest BCUT2D eigenvalue weighted by atomic mass is 10.1. The number of hydrogen-bond acceptors (Lipinski definition) is 2. The van der Waals surface area contributed by atoms with Gasteiger partial charge in [-0.2, -0.15) is 0 Å². The Labute approximate surface area is 110 Å². The maximum atomic E-state index is 11.6. The van der Waals surface area contributed by atoms with Crippen LogP contribution >= 0.6 is 0 Å². The van der Waals surface area contributed by atoms with Crippen molar-refractivity contribution >= 4 is 27.7 Å². The SMILES string of the molecule is CCn1c2cccc(O)c2c2c(C(N)=O)cccc21. The summed E-state index contributed by atoms with van der Waals surface area (Å²) in [6, 6.07) is 10.8. The molecule has 4 nitrogen and oxygen atoms in total. The number of benzene rings is 2. The lowest BCUT2D eigenvalue weighted by molar-refractivity contribution is 0.100. The molecule has 1 heterocycles. The van der Waals surface area contributed by atoms with Crippen LogP contribution < -0.4 is 5.73 Å². The zero-order valence-corrected chi connectivity index (χ0v) is 10.6. The van der Waals surface area contributed by atoms with Crippen molar-refractivity contribution in [2.24, 2.45) is 5.73 Å². The molecule has 3 rings (SSSR count). The quantitative estimate of drug-likeness (QED) is 0.738. The topological polar surface area (TPSA) is 68.2 Å². The van der Waals surface area contributed by atoms with Crippen LogP contribution in [0.5, 0.6) is 5.75 Å². The number of phenols is 1. The minimum absolute atomic E-state index is 0.170. The fourth-order valence-corrected chi connectivity index (χ4v) is 2.71. The Morgan fingerprint density at radius 3 is 2.42 bits per heavy atom. The predicted octanol–water partition coefficient (Wildman–Crippen LogP) is 2.62. The van der Waals surface area contributed by atoms with Crippen LogP contribution in [0.15, 0.2) is 36.4 Å². The molecule has 96 valence electrons. The third-order valence-corrected chi connectivity index (χ3v) is 3.48. The molecule has 3 aromatic rings. The van der Waals surface area contributed by atoms with E-state index in [4.69, 9.17) is 5.73 Å². The van der Waals surface area contributed by atoms with Gasteiger partial charge < -0.3 is 15.4 Å².